The molecule has 390 valence electrons. The van der Waals surface area contributed by atoms with E-state index in [0.717, 1.165) is 38.5 Å². The zero-order valence-corrected chi connectivity index (χ0v) is 45.4. The topological polar surface area (TPSA) is 105 Å². The highest BCUT2D eigenvalue weighted by Gasteiger charge is 2.28. The smallest absolute Gasteiger partial charge is 0.391 e. The molecule has 0 saturated carbocycles. The molecule has 0 radical (unpaired) electrons. The van der Waals surface area contributed by atoms with Gasteiger partial charge >= 0.3 is 7.82 Å². The van der Waals surface area contributed by atoms with E-state index in [1.165, 1.54) is 238 Å². The average Bonchev–Trinajstić information content (AvgIpc) is 3.26. The summed E-state index contributed by atoms with van der Waals surface area (Å²) in [5.41, 5.74) is 0. The van der Waals surface area contributed by atoms with Crippen molar-refractivity contribution in [2.45, 2.75) is 315 Å². The van der Waals surface area contributed by atoms with Crippen molar-refractivity contribution in [3.8, 4) is 0 Å². The number of rotatable bonds is 54. The van der Waals surface area contributed by atoms with Gasteiger partial charge in [-0.05, 0) is 12.8 Å². The molecule has 0 bridgehead atoms. The monoisotopic (exact) mass is 944 g/mol. The van der Waals surface area contributed by atoms with Crippen LogP contribution in [0.2, 0.25) is 0 Å². The highest BCUT2D eigenvalue weighted by molar-refractivity contribution is 7.47. The molecular formula is C56H116N2O6P+. The summed E-state index contributed by atoms with van der Waals surface area (Å²) in [6, 6.07) is -0.755. The van der Waals surface area contributed by atoms with Crippen molar-refractivity contribution < 1.29 is 32.9 Å². The molecule has 0 aliphatic rings. The Bertz CT molecular complexity index is 1030. The fourth-order valence-electron chi connectivity index (χ4n) is 9.05. The lowest BCUT2D eigenvalue weighted by Gasteiger charge is -2.26. The molecule has 1 amide bonds. The van der Waals surface area contributed by atoms with Gasteiger partial charge in [0.1, 0.15) is 13.2 Å². The molecule has 0 aromatic carbocycles. The Morgan fingerprint density at radius 3 is 1.03 bits per heavy atom. The van der Waals surface area contributed by atoms with Crippen molar-refractivity contribution in [3.05, 3.63) is 0 Å². The Morgan fingerprint density at radius 1 is 0.462 bits per heavy atom. The van der Waals surface area contributed by atoms with Gasteiger partial charge in [-0.2, -0.15) is 0 Å². The van der Waals surface area contributed by atoms with Crippen LogP contribution in [0.5, 0.6) is 0 Å². The molecule has 0 aliphatic carbocycles. The lowest BCUT2D eigenvalue weighted by atomic mass is 10.0. The Morgan fingerprint density at radius 2 is 0.738 bits per heavy atom. The van der Waals surface area contributed by atoms with Crippen LogP contribution in [0.4, 0.5) is 0 Å². The zero-order chi connectivity index (χ0) is 47.8. The van der Waals surface area contributed by atoms with Crippen LogP contribution in [0.1, 0.15) is 303 Å². The quantitative estimate of drug-likeness (QED) is 0.0319. The Kier molecular flexibility index (Phi) is 48.1. The molecule has 8 nitrogen and oxygen atoms in total. The summed E-state index contributed by atoms with van der Waals surface area (Å²) in [6.07, 6.45) is 57.3. The van der Waals surface area contributed by atoms with Gasteiger partial charge in [0, 0.05) is 6.42 Å². The number of aliphatic hydroxyl groups is 1. The number of nitrogens with one attached hydrogen (secondary N) is 1. The van der Waals surface area contributed by atoms with Gasteiger partial charge in [0.25, 0.3) is 0 Å². The number of likely N-dealkylation sites (N-methyl/N-ethyl adjacent to an activating group) is 1. The summed E-state index contributed by atoms with van der Waals surface area (Å²) in [6.45, 7) is 4.94. The van der Waals surface area contributed by atoms with Crippen molar-refractivity contribution in [1.82, 2.24) is 5.32 Å². The van der Waals surface area contributed by atoms with E-state index in [0.29, 0.717) is 23.9 Å². The minimum Gasteiger partial charge on any atom is -0.391 e. The average molecular weight is 945 g/mol. The van der Waals surface area contributed by atoms with E-state index in [9.17, 15) is 19.4 Å². The molecule has 0 fully saturated rings. The van der Waals surface area contributed by atoms with Gasteiger partial charge in [0.15, 0.2) is 0 Å². The second-order valence-electron chi connectivity index (χ2n) is 21.4. The van der Waals surface area contributed by atoms with Crippen LogP contribution in [0.15, 0.2) is 0 Å². The predicted octanol–water partition coefficient (Wildman–Crippen LogP) is 17.3. The molecular weight excluding hydrogens is 828 g/mol. The molecule has 65 heavy (non-hydrogen) atoms. The van der Waals surface area contributed by atoms with E-state index in [-0.39, 0.29) is 19.1 Å². The van der Waals surface area contributed by atoms with Gasteiger partial charge in [-0.3, -0.25) is 13.8 Å². The van der Waals surface area contributed by atoms with E-state index in [2.05, 4.69) is 19.2 Å². The first-order chi connectivity index (χ1) is 31.5. The maximum Gasteiger partial charge on any atom is 0.472 e. The Hall–Kier alpha value is -0.500. The summed E-state index contributed by atoms with van der Waals surface area (Å²) in [4.78, 5) is 23.3. The number of carbonyl (C=O) groups excluding carboxylic acids is 1. The predicted molar refractivity (Wildman–Crippen MR) is 282 cm³/mol. The van der Waals surface area contributed by atoms with E-state index in [1.807, 2.05) is 21.1 Å². The second-order valence-corrected chi connectivity index (χ2v) is 22.8. The largest absolute Gasteiger partial charge is 0.472 e. The number of quaternary nitrogens is 1. The number of unbranched alkanes of at least 4 members (excludes halogenated alkanes) is 41. The standard InChI is InChI=1S/C56H115N2O6P/c1-6-8-10-12-14-16-18-20-22-24-25-26-27-28-29-30-31-32-34-36-38-40-42-44-46-48-50-56(60)57-54(53-64-65(61,62)63-52-51-58(3,4)5)55(59)49-47-45-43-41-39-37-35-33-23-21-19-17-15-13-11-9-7-2/h54-55,59H,6-53H2,1-5H3,(H-,57,60,61,62)/p+1. The number of phosphoric ester groups is 1. The van der Waals surface area contributed by atoms with E-state index < -0.39 is 20.0 Å². The normalized spacial score (nSPS) is 13.9. The fraction of sp³-hybridized carbons (Fsp3) is 0.982. The third-order valence-corrected chi connectivity index (χ3v) is 14.6. The van der Waals surface area contributed by atoms with Crippen molar-refractivity contribution in [1.29, 1.82) is 0 Å². The summed E-state index contributed by atoms with van der Waals surface area (Å²) in [7, 11) is 1.64. The minimum atomic E-state index is -4.32. The van der Waals surface area contributed by atoms with Crippen LogP contribution >= 0.6 is 7.82 Å². The Balaban J connectivity index is 4.08. The van der Waals surface area contributed by atoms with E-state index in [1.54, 1.807) is 0 Å². The number of aliphatic hydroxyl groups excluding tert-OH is 1. The molecule has 0 heterocycles. The summed E-state index contributed by atoms with van der Waals surface area (Å²) < 4.78 is 23.8. The van der Waals surface area contributed by atoms with Crippen molar-refractivity contribution in [2.24, 2.45) is 0 Å². The fourth-order valence-corrected chi connectivity index (χ4v) is 9.79. The first kappa shape index (κ1) is 64.5. The van der Waals surface area contributed by atoms with Crippen molar-refractivity contribution in [3.63, 3.8) is 0 Å². The maximum atomic E-state index is 13.0. The molecule has 0 spiro atoms. The number of hydrogen-bond donors (Lipinski definition) is 3. The highest BCUT2D eigenvalue weighted by atomic mass is 31.2. The molecule has 0 aliphatic heterocycles. The lowest BCUT2D eigenvalue weighted by molar-refractivity contribution is -0.870. The molecule has 0 saturated heterocycles. The second kappa shape index (κ2) is 48.5. The summed E-state index contributed by atoms with van der Waals surface area (Å²) in [5, 5.41) is 14.1. The number of nitrogens with zero attached hydrogens (tertiary/aromatic N) is 1. The molecule has 0 aromatic rings. The molecule has 9 heteroatoms. The maximum absolute atomic E-state index is 13.0. The van der Waals surface area contributed by atoms with Crippen LogP contribution in [0.3, 0.4) is 0 Å². The van der Waals surface area contributed by atoms with Gasteiger partial charge in [0.2, 0.25) is 5.91 Å². The highest BCUT2D eigenvalue weighted by Crippen LogP contribution is 2.43. The van der Waals surface area contributed by atoms with E-state index in [4.69, 9.17) is 9.05 Å². The van der Waals surface area contributed by atoms with Crippen molar-refractivity contribution in [2.75, 3.05) is 40.9 Å². The molecule has 0 rings (SSSR count). The number of carbonyl (C=O) groups is 1. The molecule has 3 atom stereocenters. The minimum absolute atomic E-state index is 0.0791. The number of phosphoric acid groups is 1. The Labute approximate surface area is 406 Å². The third-order valence-electron chi connectivity index (χ3n) is 13.6. The van der Waals surface area contributed by atoms with E-state index >= 15 is 0 Å². The van der Waals surface area contributed by atoms with Crippen LogP contribution < -0.4 is 5.32 Å². The SMILES string of the molecule is CCCCCCCCCCCCCCCCCCCCCCCCCCCCC(=O)NC(COP(=O)(O)OCC[N+](C)(C)C)C(O)CCCCCCCCCCCCCCCCCCC. The summed E-state index contributed by atoms with van der Waals surface area (Å²) >= 11 is 0. The number of amides is 1. The van der Waals surface area contributed by atoms with Crippen LogP contribution in [0, 0.1) is 0 Å². The van der Waals surface area contributed by atoms with Gasteiger partial charge in [-0.1, -0.05) is 284 Å². The molecule has 3 unspecified atom stereocenters. The van der Waals surface area contributed by atoms with Gasteiger partial charge in [0.05, 0.1) is 39.9 Å². The summed E-state index contributed by atoms with van der Waals surface area (Å²) in [5.74, 6) is -0.136. The molecule has 0 aromatic heterocycles. The van der Waals surface area contributed by atoms with Gasteiger partial charge in [-0.15, -0.1) is 0 Å². The lowest BCUT2D eigenvalue weighted by Crippen LogP contribution is -2.46. The first-order valence-electron chi connectivity index (χ1n) is 28.9. The number of hydrogen-bond acceptors (Lipinski definition) is 5. The van der Waals surface area contributed by atoms with Crippen LogP contribution in [0.25, 0.3) is 0 Å². The van der Waals surface area contributed by atoms with Crippen LogP contribution in [-0.4, -0.2) is 73.4 Å². The third kappa shape index (κ3) is 51.2. The molecule has 3 N–H and O–H groups in total. The van der Waals surface area contributed by atoms with Crippen molar-refractivity contribution >= 4 is 13.7 Å². The zero-order valence-electron chi connectivity index (χ0n) is 44.5. The van der Waals surface area contributed by atoms with Gasteiger partial charge < -0.3 is 19.8 Å². The van der Waals surface area contributed by atoms with Crippen LogP contribution in [-0.2, 0) is 18.4 Å². The first-order valence-corrected chi connectivity index (χ1v) is 30.4. The van der Waals surface area contributed by atoms with Gasteiger partial charge in [-0.25, -0.2) is 4.57 Å².